The Bertz CT molecular complexity index is 1160. The van der Waals surface area contributed by atoms with E-state index in [9.17, 15) is 21.6 Å². The molecule has 8 nitrogen and oxygen atoms in total. The molecule has 1 fully saturated rings. The minimum atomic E-state index is -4.75. The summed E-state index contributed by atoms with van der Waals surface area (Å²) in [5.41, 5.74) is -1.18. The summed E-state index contributed by atoms with van der Waals surface area (Å²) >= 11 is 5.59. The molecule has 0 atom stereocenters. The van der Waals surface area contributed by atoms with E-state index in [-0.39, 0.29) is 13.1 Å². The van der Waals surface area contributed by atoms with E-state index in [2.05, 4.69) is 10.1 Å². The molecule has 0 bridgehead atoms. The fraction of sp³-hybridized carbons (Fsp3) is 0.333. The lowest BCUT2D eigenvalue weighted by Crippen LogP contribution is -2.48. The largest absolute Gasteiger partial charge is 0.461 e. The smallest absolute Gasteiger partial charge is 0.417 e. The second kappa shape index (κ2) is 8.26. The molecule has 1 aliphatic heterocycles. The van der Waals surface area contributed by atoms with Gasteiger partial charge in [-0.3, -0.25) is 4.90 Å². The van der Waals surface area contributed by atoms with Crippen molar-refractivity contribution in [2.75, 3.05) is 26.2 Å². The number of furan rings is 1. The summed E-state index contributed by atoms with van der Waals surface area (Å²) in [5.74, 6) is 1.12. The van der Waals surface area contributed by atoms with Crippen LogP contribution in [0.2, 0.25) is 5.02 Å². The maximum atomic E-state index is 13.1. The minimum absolute atomic E-state index is 0.103. The van der Waals surface area contributed by atoms with Crippen LogP contribution in [0, 0.1) is 0 Å². The van der Waals surface area contributed by atoms with Gasteiger partial charge < -0.3 is 8.94 Å². The fourth-order valence-corrected chi connectivity index (χ4v) is 4.85. The van der Waals surface area contributed by atoms with Crippen molar-refractivity contribution >= 4 is 21.6 Å². The van der Waals surface area contributed by atoms with Crippen LogP contribution in [0.4, 0.5) is 13.2 Å². The summed E-state index contributed by atoms with van der Waals surface area (Å²) in [5, 5.41) is 3.29. The highest BCUT2D eigenvalue weighted by atomic mass is 35.5. The molecule has 0 N–H and O–H groups in total. The lowest BCUT2D eigenvalue weighted by Gasteiger charge is -2.33. The third-order valence-corrected chi connectivity index (χ3v) is 7.01. The number of aromatic nitrogens is 2. The Labute approximate surface area is 180 Å². The number of halogens is 4. The van der Waals surface area contributed by atoms with Crippen LogP contribution in [0.5, 0.6) is 0 Å². The van der Waals surface area contributed by atoms with Crippen LogP contribution in [0.25, 0.3) is 11.6 Å². The third-order valence-electron chi connectivity index (χ3n) is 4.78. The quantitative estimate of drug-likeness (QED) is 0.556. The van der Waals surface area contributed by atoms with Crippen molar-refractivity contribution in [2.24, 2.45) is 0 Å². The molecule has 0 radical (unpaired) electrons. The van der Waals surface area contributed by atoms with E-state index < -0.39 is 31.7 Å². The molecule has 4 rings (SSSR count). The first-order valence-corrected chi connectivity index (χ1v) is 10.9. The molecule has 1 aromatic carbocycles. The van der Waals surface area contributed by atoms with Crippen LogP contribution in [0.1, 0.15) is 11.5 Å². The first-order chi connectivity index (χ1) is 14.6. The average Bonchev–Trinajstić information content (AvgIpc) is 3.39. The van der Waals surface area contributed by atoms with Crippen molar-refractivity contribution in [2.45, 2.75) is 17.6 Å². The second-order valence-corrected chi connectivity index (χ2v) is 9.15. The highest BCUT2D eigenvalue weighted by Crippen LogP contribution is 2.36. The van der Waals surface area contributed by atoms with E-state index in [0.717, 1.165) is 16.4 Å². The summed E-state index contributed by atoms with van der Waals surface area (Å²) in [7, 11) is -4.10. The molecule has 13 heteroatoms. The first-order valence-electron chi connectivity index (χ1n) is 9.10. The Hall–Kier alpha value is -2.41. The van der Waals surface area contributed by atoms with Crippen molar-refractivity contribution in [1.29, 1.82) is 0 Å². The average molecular weight is 477 g/mol. The van der Waals surface area contributed by atoms with Gasteiger partial charge in [0.25, 0.3) is 0 Å². The van der Waals surface area contributed by atoms with Gasteiger partial charge in [-0.05, 0) is 30.3 Å². The molecule has 0 amide bonds. The minimum Gasteiger partial charge on any atom is -0.461 e. The molecule has 0 spiro atoms. The highest BCUT2D eigenvalue weighted by Gasteiger charge is 2.36. The van der Waals surface area contributed by atoms with Crippen LogP contribution in [-0.2, 0) is 22.7 Å². The van der Waals surface area contributed by atoms with Gasteiger partial charge in [0.15, 0.2) is 5.76 Å². The van der Waals surface area contributed by atoms with Gasteiger partial charge >= 0.3 is 6.18 Å². The van der Waals surface area contributed by atoms with Gasteiger partial charge in [0.1, 0.15) is 0 Å². The van der Waals surface area contributed by atoms with Gasteiger partial charge in [-0.1, -0.05) is 16.8 Å². The lowest BCUT2D eigenvalue weighted by molar-refractivity contribution is -0.137. The molecule has 2 aromatic heterocycles. The number of benzene rings is 1. The summed E-state index contributed by atoms with van der Waals surface area (Å²) < 4.78 is 76.4. The van der Waals surface area contributed by atoms with Crippen molar-refractivity contribution in [3.8, 4) is 11.6 Å². The Morgan fingerprint density at radius 2 is 1.87 bits per heavy atom. The highest BCUT2D eigenvalue weighted by molar-refractivity contribution is 7.89. The standard InChI is InChI=1S/C18H16ClF3N4O4S/c19-14-4-3-12(10-13(14)18(20,21)22)31(27,28)26-7-5-25(6-8-26)11-16-23-17(24-30-16)15-2-1-9-29-15/h1-4,9-10H,5-8,11H2. The summed E-state index contributed by atoms with van der Waals surface area (Å²) in [6, 6.07) is 5.98. The molecule has 3 heterocycles. The molecular formula is C18H16ClF3N4O4S. The van der Waals surface area contributed by atoms with Gasteiger partial charge in [-0.25, -0.2) is 8.42 Å². The Kier molecular flexibility index (Phi) is 5.81. The molecule has 1 saturated heterocycles. The summed E-state index contributed by atoms with van der Waals surface area (Å²) in [6.07, 6.45) is -3.26. The Morgan fingerprint density at radius 3 is 2.52 bits per heavy atom. The molecule has 0 saturated carbocycles. The third kappa shape index (κ3) is 4.61. The van der Waals surface area contributed by atoms with Gasteiger partial charge in [0.2, 0.25) is 21.7 Å². The van der Waals surface area contributed by atoms with Crippen LogP contribution >= 0.6 is 11.6 Å². The van der Waals surface area contributed by atoms with E-state index in [1.807, 2.05) is 4.90 Å². The van der Waals surface area contributed by atoms with Crippen LogP contribution in [0.3, 0.4) is 0 Å². The van der Waals surface area contributed by atoms with E-state index in [1.165, 1.54) is 6.26 Å². The molecule has 0 unspecified atom stereocenters. The zero-order valence-corrected chi connectivity index (χ0v) is 17.4. The topological polar surface area (TPSA) is 92.7 Å². The lowest BCUT2D eigenvalue weighted by atomic mass is 10.2. The molecule has 166 valence electrons. The van der Waals surface area contributed by atoms with E-state index in [0.29, 0.717) is 43.2 Å². The first kappa shape index (κ1) is 21.8. The van der Waals surface area contributed by atoms with Crippen LogP contribution in [0.15, 0.2) is 50.4 Å². The fourth-order valence-electron chi connectivity index (χ4n) is 3.18. The SMILES string of the molecule is O=S(=O)(c1ccc(Cl)c(C(F)(F)F)c1)N1CCN(Cc2nc(-c3ccco3)no2)CC1. The van der Waals surface area contributed by atoms with E-state index in [1.54, 1.807) is 12.1 Å². The number of hydrogen-bond donors (Lipinski definition) is 0. The molecule has 1 aliphatic rings. The zero-order chi connectivity index (χ0) is 22.2. The number of rotatable bonds is 5. The maximum absolute atomic E-state index is 13.1. The second-order valence-electron chi connectivity index (χ2n) is 6.81. The van der Waals surface area contributed by atoms with Crippen molar-refractivity contribution in [3.63, 3.8) is 0 Å². The van der Waals surface area contributed by atoms with Crippen molar-refractivity contribution < 1.29 is 30.5 Å². The number of alkyl halides is 3. The maximum Gasteiger partial charge on any atom is 0.417 e. The zero-order valence-electron chi connectivity index (χ0n) is 15.8. The number of piperazine rings is 1. The predicted molar refractivity (Wildman–Crippen MR) is 102 cm³/mol. The normalized spacial score (nSPS) is 16.6. The number of hydrogen-bond acceptors (Lipinski definition) is 7. The van der Waals surface area contributed by atoms with Gasteiger partial charge in [-0.2, -0.15) is 22.5 Å². The predicted octanol–water partition coefficient (Wildman–Crippen LogP) is 3.51. The molecule has 0 aliphatic carbocycles. The van der Waals surface area contributed by atoms with Gasteiger partial charge in [0, 0.05) is 26.2 Å². The monoisotopic (exact) mass is 476 g/mol. The van der Waals surface area contributed by atoms with Gasteiger partial charge in [-0.15, -0.1) is 0 Å². The van der Waals surface area contributed by atoms with Crippen molar-refractivity contribution in [1.82, 2.24) is 19.3 Å². The number of nitrogens with zero attached hydrogens (tertiary/aromatic N) is 4. The van der Waals surface area contributed by atoms with Crippen LogP contribution < -0.4 is 0 Å². The summed E-state index contributed by atoms with van der Waals surface area (Å²) in [6.45, 7) is 1.20. The van der Waals surface area contributed by atoms with Crippen molar-refractivity contribution in [3.05, 3.63) is 53.1 Å². The molecule has 3 aromatic rings. The number of sulfonamides is 1. The van der Waals surface area contributed by atoms with E-state index in [4.69, 9.17) is 20.5 Å². The molecule has 31 heavy (non-hydrogen) atoms. The van der Waals surface area contributed by atoms with Crippen LogP contribution in [-0.4, -0.2) is 53.9 Å². The molecular weight excluding hydrogens is 461 g/mol. The van der Waals surface area contributed by atoms with Gasteiger partial charge in [0.05, 0.1) is 28.3 Å². The Morgan fingerprint density at radius 1 is 1.13 bits per heavy atom. The van der Waals surface area contributed by atoms with E-state index >= 15 is 0 Å². The summed E-state index contributed by atoms with van der Waals surface area (Å²) in [4.78, 5) is 5.70. The Balaban J connectivity index is 1.41.